The van der Waals surface area contributed by atoms with Crippen molar-refractivity contribution in [3.63, 3.8) is 0 Å². The highest BCUT2D eigenvalue weighted by molar-refractivity contribution is 5.76. The Morgan fingerprint density at radius 2 is 1.94 bits per heavy atom. The van der Waals surface area contributed by atoms with Crippen LogP contribution >= 0.6 is 0 Å². The molecule has 0 aliphatic heterocycles. The van der Waals surface area contributed by atoms with Gasteiger partial charge in [0.05, 0.1) is 0 Å². The van der Waals surface area contributed by atoms with Crippen LogP contribution in [-0.2, 0) is 4.79 Å². The molecule has 0 amide bonds. The highest BCUT2D eigenvalue weighted by Gasteiger charge is 2.19. The van der Waals surface area contributed by atoms with Gasteiger partial charge < -0.3 is 4.79 Å². The SMILES string of the molecule is CC.CC(=O)CC(C)(C)CCC1=CCCC=C1. The van der Waals surface area contributed by atoms with Crippen LogP contribution in [0.4, 0.5) is 0 Å². The zero-order chi connectivity index (χ0) is 13.3. The molecule has 0 aromatic rings. The van der Waals surface area contributed by atoms with E-state index in [1.807, 2.05) is 13.8 Å². The smallest absolute Gasteiger partial charge is 0.130 e. The molecule has 0 fully saturated rings. The van der Waals surface area contributed by atoms with E-state index < -0.39 is 0 Å². The number of carbonyl (C=O) groups is 1. The molecule has 0 N–H and O–H groups in total. The Labute approximate surface area is 107 Å². The molecule has 0 aromatic heterocycles. The lowest BCUT2D eigenvalue weighted by atomic mass is 9.81. The number of allylic oxidation sites excluding steroid dienone is 4. The van der Waals surface area contributed by atoms with Gasteiger partial charge in [-0.2, -0.15) is 0 Å². The van der Waals surface area contributed by atoms with Crippen LogP contribution in [0.15, 0.2) is 23.8 Å². The molecule has 0 atom stereocenters. The number of Topliss-reactive ketones (excluding diaryl/α,β-unsaturated/α-hetero) is 1. The zero-order valence-electron chi connectivity index (χ0n) is 12.2. The summed E-state index contributed by atoms with van der Waals surface area (Å²) in [5.74, 6) is 0.299. The van der Waals surface area contributed by atoms with Gasteiger partial charge in [0.1, 0.15) is 5.78 Å². The molecule has 1 heteroatoms. The van der Waals surface area contributed by atoms with Gasteiger partial charge in [0, 0.05) is 6.42 Å². The van der Waals surface area contributed by atoms with Crippen LogP contribution in [0, 0.1) is 5.41 Å². The van der Waals surface area contributed by atoms with Crippen molar-refractivity contribution >= 4 is 5.78 Å². The van der Waals surface area contributed by atoms with Crippen molar-refractivity contribution in [2.24, 2.45) is 5.41 Å². The summed E-state index contributed by atoms with van der Waals surface area (Å²) in [5.41, 5.74) is 1.59. The molecule has 0 aromatic carbocycles. The molecule has 0 saturated heterocycles. The van der Waals surface area contributed by atoms with Gasteiger partial charge in [-0.05, 0) is 38.0 Å². The Balaban J connectivity index is 0.00000121. The fourth-order valence-electron chi connectivity index (χ4n) is 2.10. The summed E-state index contributed by atoms with van der Waals surface area (Å²) in [5, 5.41) is 0. The lowest BCUT2D eigenvalue weighted by Crippen LogP contribution is -2.15. The van der Waals surface area contributed by atoms with Gasteiger partial charge in [-0.15, -0.1) is 0 Å². The molecular formula is C16H28O. The van der Waals surface area contributed by atoms with E-state index in [0.717, 1.165) is 12.8 Å². The van der Waals surface area contributed by atoms with Crippen LogP contribution < -0.4 is 0 Å². The first-order valence-corrected chi connectivity index (χ1v) is 6.85. The lowest BCUT2D eigenvalue weighted by Gasteiger charge is -2.23. The van der Waals surface area contributed by atoms with Crippen molar-refractivity contribution in [3.05, 3.63) is 23.8 Å². The van der Waals surface area contributed by atoms with Crippen LogP contribution in [-0.4, -0.2) is 5.78 Å². The van der Waals surface area contributed by atoms with Crippen LogP contribution in [0.1, 0.15) is 66.7 Å². The standard InChI is InChI=1S/C14H22O.C2H6/c1-12(15)11-14(2,3)10-9-13-7-5-4-6-8-13;1-2/h5,7-8H,4,6,9-11H2,1-3H3;1-2H3. The first kappa shape index (κ1) is 16.1. The Kier molecular flexibility index (Phi) is 7.86. The number of carbonyl (C=O) groups excluding carboxylic acids is 1. The minimum Gasteiger partial charge on any atom is -0.300 e. The molecule has 0 saturated carbocycles. The van der Waals surface area contributed by atoms with Crippen LogP contribution in [0.25, 0.3) is 0 Å². The van der Waals surface area contributed by atoms with Crippen molar-refractivity contribution in [3.8, 4) is 0 Å². The molecule has 98 valence electrons. The molecular weight excluding hydrogens is 208 g/mol. The van der Waals surface area contributed by atoms with E-state index in [4.69, 9.17) is 0 Å². The van der Waals surface area contributed by atoms with Gasteiger partial charge in [-0.1, -0.05) is 51.5 Å². The highest BCUT2D eigenvalue weighted by atomic mass is 16.1. The van der Waals surface area contributed by atoms with Gasteiger partial charge in [0.2, 0.25) is 0 Å². The second kappa shape index (κ2) is 8.27. The predicted octanol–water partition coefficient (Wildman–Crippen LogP) is 5.07. The molecule has 1 aliphatic rings. The second-order valence-corrected chi connectivity index (χ2v) is 5.30. The first-order chi connectivity index (χ1) is 7.99. The number of ketones is 1. The topological polar surface area (TPSA) is 17.1 Å². The maximum absolute atomic E-state index is 11.1. The summed E-state index contributed by atoms with van der Waals surface area (Å²) in [6, 6.07) is 0. The van der Waals surface area contributed by atoms with Crippen LogP contribution in [0.5, 0.6) is 0 Å². The van der Waals surface area contributed by atoms with Crippen molar-refractivity contribution in [1.29, 1.82) is 0 Å². The fourth-order valence-corrected chi connectivity index (χ4v) is 2.10. The Hall–Kier alpha value is -0.850. The van der Waals surface area contributed by atoms with Crippen LogP contribution in [0.3, 0.4) is 0 Å². The largest absolute Gasteiger partial charge is 0.300 e. The summed E-state index contributed by atoms with van der Waals surface area (Å²) < 4.78 is 0. The summed E-state index contributed by atoms with van der Waals surface area (Å²) in [6.07, 6.45) is 12.1. The average Bonchev–Trinajstić information content (AvgIpc) is 2.29. The third-order valence-corrected chi connectivity index (χ3v) is 2.89. The third-order valence-electron chi connectivity index (χ3n) is 2.89. The van der Waals surface area contributed by atoms with Crippen molar-refractivity contribution < 1.29 is 4.79 Å². The Morgan fingerprint density at radius 1 is 1.29 bits per heavy atom. The van der Waals surface area contributed by atoms with E-state index in [0.29, 0.717) is 12.2 Å². The number of rotatable bonds is 5. The highest BCUT2D eigenvalue weighted by Crippen LogP contribution is 2.29. The average molecular weight is 236 g/mol. The Bertz CT molecular complexity index is 282. The van der Waals surface area contributed by atoms with E-state index in [1.54, 1.807) is 6.92 Å². The minimum absolute atomic E-state index is 0.151. The van der Waals surface area contributed by atoms with Gasteiger partial charge in [0.25, 0.3) is 0 Å². The first-order valence-electron chi connectivity index (χ1n) is 6.85. The normalized spacial score (nSPS) is 14.8. The summed E-state index contributed by atoms with van der Waals surface area (Å²) in [7, 11) is 0. The van der Waals surface area contributed by atoms with Crippen LogP contribution in [0.2, 0.25) is 0 Å². The van der Waals surface area contributed by atoms with Crippen molar-refractivity contribution in [1.82, 2.24) is 0 Å². The van der Waals surface area contributed by atoms with E-state index in [-0.39, 0.29) is 5.41 Å². The maximum atomic E-state index is 11.1. The molecule has 17 heavy (non-hydrogen) atoms. The van der Waals surface area contributed by atoms with E-state index in [1.165, 1.54) is 18.4 Å². The monoisotopic (exact) mass is 236 g/mol. The quantitative estimate of drug-likeness (QED) is 0.651. The third kappa shape index (κ3) is 7.95. The molecule has 0 bridgehead atoms. The van der Waals surface area contributed by atoms with E-state index in [9.17, 15) is 4.79 Å². The molecule has 0 unspecified atom stereocenters. The molecule has 0 spiro atoms. The number of hydrogen-bond acceptors (Lipinski definition) is 1. The molecule has 1 nitrogen and oxygen atoms in total. The second-order valence-electron chi connectivity index (χ2n) is 5.30. The van der Waals surface area contributed by atoms with E-state index >= 15 is 0 Å². The summed E-state index contributed by atoms with van der Waals surface area (Å²) in [4.78, 5) is 11.1. The molecule has 1 rings (SSSR count). The van der Waals surface area contributed by atoms with Crippen molar-refractivity contribution in [2.75, 3.05) is 0 Å². The molecule has 1 aliphatic carbocycles. The summed E-state index contributed by atoms with van der Waals surface area (Å²) >= 11 is 0. The zero-order valence-corrected chi connectivity index (χ0v) is 12.2. The van der Waals surface area contributed by atoms with E-state index in [2.05, 4.69) is 32.1 Å². The van der Waals surface area contributed by atoms with Gasteiger partial charge >= 0.3 is 0 Å². The lowest BCUT2D eigenvalue weighted by molar-refractivity contribution is -0.118. The van der Waals surface area contributed by atoms with Gasteiger partial charge in [0.15, 0.2) is 0 Å². The molecule has 0 radical (unpaired) electrons. The van der Waals surface area contributed by atoms with Gasteiger partial charge in [-0.25, -0.2) is 0 Å². The summed E-state index contributed by atoms with van der Waals surface area (Å²) in [6.45, 7) is 10.0. The van der Waals surface area contributed by atoms with Crippen molar-refractivity contribution in [2.45, 2.75) is 66.7 Å². The fraction of sp³-hybridized carbons (Fsp3) is 0.688. The Morgan fingerprint density at radius 3 is 2.41 bits per heavy atom. The minimum atomic E-state index is 0.151. The van der Waals surface area contributed by atoms with Gasteiger partial charge in [-0.3, -0.25) is 0 Å². The number of hydrogen-bond donors (Lipinski definition) is 0. The maximum Gasteiger partial charge on any atom is 0.130 e. The molecule has 0 heterocycles. The predicted molar refractivity (Wildman–Crippen MR) is 76.1 cm³/mol.